The molecular weight excluding hydrogens is 217 g/mol. The van der Waals surface area contributed by atoms with Crippen LogP contribution in [0.5, 0.6) is 5.75 Å². The highest BCUT2D eigenvalue weighted by molar-refractivity contribution is 5.85. The summed E-state index contributed by atoms with van der Waals surface area (Å²) in [4.78, 5) is 0. The summed E-state index contributed by atoms with van der Waals surface area (Å²) in [5.74, 6) is 0.731. The molecule has 2 rings (SSSR count). The first-order chi connectivity index (χ1) is 6.74. The van der Waals surface area contributed by atoms with Crippen molar-refractivity contribution in [2.24, 2.45) is 11.7 Å². The largest absolute Gasteiger partial charge is 0.496 e. The third-order valence-corrected chi connectivity index (χ3v) is 2.70. The van der Waals surface area contributed by atoms with Gasteiger partial charge in [0.1, 0.15) is 11.6 Å². The van der Waals surface area contributed by atoms with E-state index in [0.717, 1.165) is 12.8 Å². The maximum absolute atomic E-state index is 13.5. The van der Waals surface area contributed by atoms with Crippen molar-refractivity contribution < 1.29 is 9.13 Å². The van der Waals surface area contributed by atoms with Crippen LogP contribution in [0.2, 0.25) is 0 Å². The fourth-order valence-corrected chi connectivity index (χ4v) is 1.71. The van der Waals surface area contributed by atoms with Crippen molar-refractivity contribution in [3.63, 3.8) is 0 Å². The van der Waals surface area contributed by atoms with E-state index in [1.807, 2.05) is 0 Å². The van der Waals surface area contributed by atoms with E-state index >= 15 is 0 Å². The number of nitrogens with two attached hydrogens (primary N) is 1. The second-order valence-corrected chi connectivity index (χ2v) is 3.72. The standard InChI is InChI=1S/C11H14FNO.ClH/c1-14-9-4-2-3-8(12)10(9)11(13)7-5-6-7;/h2-4,7,11H,5-6,13H2,1H3;1H/t11-;/m0./s1. The Balaban J connectivity index is 0.00000112. The Labute approximate surface area is 95.0 Å². The van der Waals surface area contributed by atoms with Gasteiger partial charge in [-0.15, -0.1) is 12.4 Å². The first kappa shape index (κ1) is 12.3. The second kappa shape index (κ2) is 4.81. The molecule has 0 spiro atoms. The molecule has 15 heavy (non-hydrogen) atoms. The molecule has 0 saturated heterocycles. The SMILES string of the molecule is COc1cccc(F)c1[C@@H](N)C1CC1.Cl. The summed E-state index contributed by atoms with van der Waals surface area (Å²) in [6, 6.07) is 4.60. The minimum atomic E-state index is -0.260. The van der Waals surface area contributed by atoms with Gasteiger partial charge < -0.3 is 10.5 Å². The molecule has 1 aliphatic carbocycles. The normalized spacial score (nSPS) is 16.7. The molecule has 1 aromatic carbocycles. The van der Waals surface area contributed by atoms with Crippen LogP contribution >= 0.6 is 12.4 Å². The molecule has 1 fully saturated rings. The molecule has 2 nitrogen and oxygen atoms in total. The Morgan fingerprint density at radius 1 is 1.47 bits per heavy atom. The molecule has 1 aromatic rings. The summed E-state index contributed by atoms with van der Waals surface area (Å²) in [6.07, 6.45) is 2.19. The van der Waals surface area contributed by atoms with Gasteiger partial charge >= 0.3 is 0 Å². The highest BCUT2D eigenvalue weighted by atomic mass is 35.5. The molecular formula is C11H15ClFNO. The Morgan fingerprint density at radius 2 is 2.13 bits per heavy atom. The van der Waals surface area contributed by atoms with Crippen LogP contribution < -0.4 is 10.5 Å². The van der Waals surface area contributed by atoms with Crippen LogP contribution in [0.25, 0.3) is 0 Å². The lowest BCUT2D eigenvalue weighted by Gasteiger charge is -2.15. The smallest absolute Gasteiger partial charge is 0.131 e. The molecule has 0 heterocycles. The van der Waals surface area contributed by atoms with E-state index in [9.17, 15) is 4.39 Å². The summed E-state index contributed by atoms with van der Waals surface area (Å²) in [6.45, 7) is 0. The van der Waals surface area contributed by atoms with Crippen LogP contribution in [-0.2, 0) is 0 Å². The van der Waals surface area contributed by atoms with Crippen molar-refractivity contribution in [2.75, 3.05) is 7.11 Å². The van der Waals surface area contributed by atoms with E-state index < -0.39 is 0 Å². The summed E-state index contributed by atoms with van der Waals surface area (Å²) >= 11 is 0. The van der Waals surface area contributed by atoms with Gasteiger partial charge in [-0.2, -0.15) is 0 Å². The highest BCUT2D eigenvalue weighted by Gasteiger charge is 2.32. The molecule has 0 unspecified atom stereocenters. The number of ether oxygens (including phenoxy) is 1. The van der Waals surface area contributed by atoms with Crippen LogP contribution in [0, 0.1) is 11.7 Å². The van der Waals surface area contributed by atoms with Gasteiger partial charge in [0.05, 0.1) is 7.11 Å². The molecule has 0 amide bonds. The zero-order chi connectivity index (χ0) is 10.1. The Hall–Kier alpha value is -0.800. The number of hydrogen-bond acceptors (Lipinski definition) is 2. The van der Waals surface area contributed by atoms with Crippen molar-refractivity contribution in [3.8, 4) is 5.75 Å². The summed E-state index contributed by atoms with van der Waals surface area (Å²) in [7, 11) is 1.54. The van der Waals surface area contributed by atoms with Crippen LogP contribution in [0.1, 0.15) is 24.4 Å². The van der Waals surface area contributed by atoms with Gasteiger partial charge in [0.2, 0.25) is 0 Å². The first-order valence-electron chi connectivity index (χ1n) is 4.82. The lowest BCUT2D eigenvalue weighted by molar-refractivity contribution is 0.395. The van der Waals surface area contributed by atoms with Crippen LogP contribution in [0.3, 0.4) is 0 Å². The lowest BCUT2D eigenvalue weighted by Crippen LogP contribution is -2.15. The number of hydrogen-bond donors (Lipinski definition) is 1. The zero-order valence-electron chi connectivity index (χ0n) is 8.57. The van der Waals surface area contributed by atoms with Crippen LogP contribution in [0.4, 0.5) is 4.39 Å². The fourth-order valence-electron chi connectivity index (χ4n) is 1.71. The topological polar surface area (TPSA) is 35.2 Å². The molecule has 84 valence electrons. The number of halogens is 2. The molecule has 0 radical (unpaired) electrons. The molecule has 1 aliphatic rings. The Kier molecular flexibility index (Phi) is 3.94. The van der Waals surface area contributed by atoms with Crippen molar-refractivity contribution in [2.45, 2.75) is 18.9 Å². The Bertz CT molecular complexity index is 341. The van der Waals surface area contributed by atoms with Gasteiger partial charge in [0.15, 0.2) is 0 Å². The zero-order valence-corrected chi connectivity index (χ0v) is 9.39. The lowest BCUT2D eigenvalue weighted by atomic mass is 10.0. The average Bonchev–Trinajstić information content (AvgIpc) is 2.99. The van der Waals surface area contributed by atoms with Crippen LogP contribution in [-0.4, -0.2) is 7.11 Å². The minimum absolute atomic E-state index is 0. The van der Waals surface area contributed by atoms with Crippen molar-refractivity contribution in [3.05, 3.63) is 29.6 Å². The van der Waals surface area contributed by atoms with Gasteiger partial charge in [-0.3, -0.25) is 0 Å². The third kappa shape index (κ3) is 2.41. The van der Waals surface area contributed by atoms with Gasteiger partial charge in [0.25, 0.3) is 0 Å². The van der Waals surface area contributed by atoms with Crippen LogP contribution in [0.15, 0.2) is 18.2 Å². The number of methoxy groups -OCH3 is 1. The average molecular weight is 232 g/mol. The minimum Gasteiger partial charge on any atom is -0.496 e. The van der Waals surface area contributed by atoms with E-state index in [0.29, 0.717) is 17.2 Å². The van der Waals surface area contributed by atoms with Gasteiger partial charge in [-0.25, -0.2) is 4.39 Å². The maximum Gasteiger partial charge on any atom is 0.131 e. The molecule has 4 heteroatoms. The van der Waals surface area contributed by atoms with E-state index in [-0.39, 0.29) is 24.3 Å². The molecule has 1 atom stereocenters. The number of benzene rings is 1. The van der Waals surface area contributed by atoms with Gasteiger partial charge in [-0.05, 0) is 30.9 Å². The summed E-state index contributed by atoms with van der Waals surface area (Å²) in [5.41, 5.74) is 6.48. The first-order valence-corrected chi connectivity index (χ1v) is 4.82. The molecule has 0 bridgehead atoms. The van der Waals surface area contributed by atoms with Crippen molar-refractivity contribution in [1.82, 2.24) is 0 Å². The van der Waals surface area contributed by atoms with Crippen molar-refractivity contribution >= 4 is 12.4 Å². The van der Waals surface area contributed by atoms with E-state index in [2.05, 4.69) is 0 Å². The van der Waals surface area contributed by atoms with Crippen molar-refractivity contribution in [1.29, 1.82) is 0 Å². The fraction of sp³-hybridized carbons (Fsp3) is 0.455. The van der Waals surface area contributed by atoms with Gasteiger partial charge in [0, 0.05) is 11.6 Å². The maximum atomic E-state index is 13.5. The predicted octanol–water partition coefficient (Wildman–Crippen LogP) is 2.67. The van der Waals surface area contributed by atoms with E-state index in [4.69, 9.17) is 10.5 Å². The monoisotopic (exact) mass is 231 g/mol. The van der Waals surface area contributed by atoms with E-state index in [1.54, 1.807) is 12.1 Å². The predicted molar refractivity (Wildman–Crippen MR) is 59.9 cm³/mol. The summed E-state index contributed by atoms with van der Waals surface area (Å²) < 4.78 is 18.6. The summed E-state index contributed by atoms with van der Waals surface area (Å²) in [5, 5.41) is 0. The third-order valence-electron chi connectivity index (χ3n) is 2.70. The quantitative estimate of drug-likeness (QED) is 0.868. The molecule has 1 saturated carbocycles. The molecule has 0 aromatic heterocycles. The highest BCUT2D eigenvalue weighted by Crippen LogP contribution is 2.42. The molecule has 0 aliphatic heterocycles. The molecule has 2 N–H and O–H groups in total. The number of rotatable bonds is 3. The van der Waals surface area contributed by atoms with Gasteiger partial charge in [-0.1, -0.05) is 6.07 Å². The Morgan fingerprint density at radius 3 is 2.67 bits per heavy atom. The van der Waals surface area contributed by atoms with E-state index in [1.165, 1.54) is 13.2 Å². The second-order valence-electron chi connectivity index (χ2n) is 3.72.